The van der Waals surface area contributed by atoms with Crippen LogP contribution in [0.2, 0.25) is 0 Å². The molecule has 1 N–H and O–H groups in total. The molecule has 58 valence electrons. The smallest absolute Gasteiger partial charge is 0.150 e. The summed E-state index contributed by atoms with van der Waals surface area (Å²) >= 11 is 0. The van der Waals surface area contributed by atoms with E-state index in [0.29, 0.717) is 6.29 Å². The van der Waals surface area contributed by atoms with Crippen molar-refractivity contribution in [2.24, 2.45) is 0 Å². The van der Waals surface area contributed by atoms with Crippen LogP contribution in [0.1, 0.15) is 10.4 Å². The van der Waals surface area contributed by atoms with Crippen molar-refractivity contribution in [3.63, 3.8) is 0 Å². The molecule has 0 amide bonds. The van der Waals surface area contributed by atoms with E-state index in [9.17, 15) is 14.4 Å². The lowest BCUT2D eigenvalue weighted by atomic mass is 10.2. The molecule has 1 rings (SSSR count). The first-order valence-electron chi connectivity index (χ1n) is 2.91. The van der Waals surface area contributed by atoms with Crippen LogP contribution < -0.4 is 5.48 Å². The zero-order valence-electron chi connectivity index (χ0n) is 5.50. The summed E-state index contributed by atoms with van der Waals surface area (Å²) < 4.78 is 12.5. The molecule has 0 saturated carbocycles. The standard InChI is InChI=1S/C7H5FNO2/c8-6-2-1-5(4-10)3-7(6)9-11/h1-4,9H/q-1. The van der Waals surface area contributed by atoms with Crippen molar-refractivity contribution in [2.45, 2.75) is 0 Å². The number of aldehydes is 1. The lowest BCUT2D eigenvalue weighted by Gasteiger charge is -2.09. The maximum absolute atomic E-state index is 12.5. The van der Waals surface area contributed by atoms with Gasteiger partial charge >= 0.3 is 0 Å². The Labute approximate surface area is 62.4 Å². The SMILES string of the molecule is O=Cc1ccc(F)c(N[O-])c1. The highest BCUT2D eigenvalue weighted by Gasteiger charge is 1.97. The Morgan fingerprint density at radius 1 is 1.55 bits per heavy atom. The largest absolute Gasteiger partial charge is 0.761 e. The quantitative estimate of drug-likeness (QED) is 0.519. The lowest BCUT2D eigenvalue weighted by molar-refractivity contribution is 0.112. The van der Waals surface area contributed by atoms with Gasteiger partial charge in [0.15, 0.2) is 0 Å². The molecule has 4 heteroatoms. The predicted octanol–water partition coefficient (Wildman–Crippen LogP) is 1.55. The van der Waals surface area contributed by atoms with Gasteiger partial charge in [-0.05, 0) is 18.2 Å². The first kappa shape index (κ1) is 7.68. The summed E-state index contributed by atoms with van der Waals surface area (Å²) in [6.45, 7) is 0. The molecule has 1 aromatic rings. The van der Waals surface area contributed by atoms with Gasteiger partial charge in [-0.3, -0.25) is 4.79 Å². The Morgan fingerprint density at radius 3 is 2.82 bits per heavy atom. The molecule has 0 heterocycles. The monoisotopic (exact) mass is 154 g/mol. The van der Waals surface area contributed by atoms with Crippen LogP contribution in [0.3, 0.4) is 0 Å². The van der Waals surface area contributed by atoms with Gasteiger partial charge in [0.25, 0.3) is 0 Å². The van der Waals surface area contributed by atoms with Gasteiger partial charge in [-0.2, -0.15) is 0 Å². The van der Waals surface area contributed by atoms with Gasteiger partial charge in [0.2, 0.25) is 0 Å². The summed E-state index contributed by atoms with van der Waals surface area (Å²) in [6, 6.07) is 3.50. The van der Waals surface area contributed by atoms with Gasteiger partial charge in [0, 0.05) is 5.56 Å². The molecule has 0 aromatic heterocycles. The number of hydrogen-bond donors (Lipinski definition) is 1. The first-order chi connectivity index (χ1) is 5.27. The number of rotatable bonds is 2. The van der Waals surface area contributed by atoms with Gasteiger partial charge < -0.3 is 10.7 Å². The fourth-order valence-corrected chi connectivity index (χ4v) is 0.694. The van der Waals surface area contributed by atoms with Crippen LogP contribution in [-0.2, 0) is 0 Å². The number of benzene rings is 1. The van der Waals surface area contributed by atoms with Crippen LogP contribution in [0.5, 0.6) is 0 Å². The third kappa shape index (κ3) is 1.53. The van der Waals surface area contributed by atoms with Gasteiger partial charge in [0.05, 0.1) is 5.69 Å². The number of halogens is 1. The predicted molar refractivity (Wildman–Crippen MR) is 38.8 cm³/mol. The van der Waals surface area contributed by atoms with E-state index in [4.69, 9.17) is 0 Å². The Bertz CT molecular complexity index is 275. The number of carbonyl (C=O) groups excluding carboxylic acids is 1. The highest BCUT2D eigenvalue weighted by Crippen LogP contribution is 2.13. The van der Waals surface area contributed by atoms with Crippen molar-refractivity contribution in [1.29, 1.82) is 0 Å². The van der Waals surface area contributed by atoms with Crippen molar-refractivity contribution < 1.29 is 9.18 Å². The zero-order chi connectivity index (χ0) is 8.27. The Morgan fingerprint density at radius 2 is 2.27 bits per heavy atom. The second-order valence-electron chi connectivity index (χ2n) is 1.96. The number of anilines is 1. The topological polar surface area (TPSA) is 52.2 Å². The van der Waals surface area contributed by atoms with Crippen LogP contribution in [0.15, 0.2) is 18.2 Å². The van der Waals surface area contributed by atoms with Gasteiger partial charge in [-0.25, -0.2) is 4.39 Å². The minimum atomic E-state index is -0.661. The molecule has 1 aromatic carbocycles. The summed E-state index contributed by atoms with van der Waals surface area (Å²) in [4.78, 5) is 10.1. The molecule has 0 saturated heterocycles. The molecule has 0 atom stereocenters. The average Bonchev–Trinajstić information content (AvgIpc) is 2.05. The minimum Gasteiger partial charge on any atom is -0.761 e. The Hall–Kier alpha value is -1.42. The zero-order valence-corrected chi connectivity index (χ0v) is 5.50. The normalized spacial score (nSPS) is 9.27. The minimum absolute atomic E-state index is 0.213. The highest BCUT2D eigenvalue weighted by molar-refractivity contribution is 5.77. The summed E-state index contributed by atoms with van der Waals surface area (Å²) in [5, 5.41) is 10.0. The van der Waals surface area contributed by atoms with E-state index in [0.717, 1.165) is 12.1 Å². The summed E-state index contributed by atoms with van der Waals surface area (Å²) in [7, 11) is 0. The highest BCUT2D eigenvalue weighted by atomic mass is 19.1. The second kappa shape index (κ2) is 3.12. The number of carbonyl (C=O) groups is 1. The Balaban J connectivity index is 3.12. The van der Waals surface area contributed by atoms with E-state index < -0.39 is 5.82 Å². The molecule has 0 aliphatic heterocycles. The van der Waals surface area contributed by atoms with E-state index in [1.54, 1.807) is 0 Å². The van der Waals surface area contributed by atoms with Crippen molar-refractivity contribution in [2.75, 3.05) is 5.48 Å². The number of hydrogen-bond acceptors (Lipinski definition) is 3. The van der Waals surface area contributed by atoms with Crippen molar-refractivity contribution in [1.82, 2.24) is 0 Å². The van der Waals surface area contributed by atoms with Gasteiger partial charge in [-0.15, -0.1) is 0 Å². The first-order valence-corrected chi connectivity index (χ1v) is 2.91. The molecule has 0 aliphatic carbocycles. The Kier molecular flexibility index (Phi) is 2.18. The van der Waals surface area contributed by atoms with Crippen molar-refractivity contribution in [3.8, 4) is 0 Å². The average molecular weight is 154 g/mol. The van der Waals surface area contributed by atoms with Crippen LogP contribution in [0.4, 0.5) is 10.1 Å². The van der Waals surface area contributed by atoms with E-state index in [-0.39, 0.29) is 11.3 Å². The van der Waals surface area contributed by atoms with E-state index in [1.807, 2.05) is 0 Å². The van der Waals surface area contributed by atoms with Crippen LogP contribution in [0, 0.1) is 11.0 Å². The maximum atomic E-state index is 12.5. The third-order valence-corrected chi connectivity index (χ3v) is 1.24. The molecule has 3 nitrogen and oxygen atoms in total. The van der Waals surface area contributed by atoms with Gasteiger partial charge in [0.1, 0.15) is 12.1 Å². The molecular formula is C7H5FNO2-. The van der Waals surface area contributed by atoms with Gasteiger partial charge in [-0.1, -0.05) is 0 Å². The molecule has 0 bridgehead atoms. The van der Waals surface area contributed by atoms with E-state index >= 15 is 0 Å². The van der Waals surface area contributed by atoms with Crippen molar-refractivity contribution in [3.05, 3.63) is 34.8 Å². The molecule has 0 fully saturated rings. The van der Waals surface area contributed by atoms with Crippen LogP contribution in [0.25, 0.3) is 0 Å². The summed E-state index contributed by atoms with van der Waals surface area (Å²) in [5.41, 5.74) is 1.44. The van der Waals surface area contributed by atoms with Crippen LogP contribution >= 0.6 is 0 Å². The summed E-state index contributed by atoms with van der Waals surface area (Å²) in [6.07, 6.45) is 0.542. The second-order valence-corrected chi connectivity index (χ2v) is 1.96. The molecule has 0 spiro atoms. The molecule has 0 aliphatic rings. The fraction of sp³-hybridized carbons (Fsp3) is 0. The lowest BCUT2D eigenvalue weighted by Crippen LogP contribution is -1.91. The van der Waals surface area contributed by atoms with E-state index in [1.165, 1.54) is 11.5 Å². The third-order valence-electron chi connectivity index (χ3n) is 1.24. The van der Waals surface area contributed by atoms with Crippen molar-refractivity contribution >= 4 is 12.0 Å². The summed E-state index contributed by atoms with van der Waals surface area (Å²) in [5.74, 6) is -0.661. The van der Waals surface area contributed by atoms with E-state index in [2.05, 4.69) is 0 Å². The molecule has 0 radical (unpaired) electrons. The molecule has 0 unspecified atom stereocenters. The maximum Gasteiger partial charge on any atom is 0.150 e. The number of nitrogens with one attached hydrogen (secondary N) is 1. The molecule has 11 heavy (non-hydrogen) atoms. The van der Waals surface area contributed by atoms with Crippen LogP contribution in [-0.4, -0.2) is 6.29 Å². The fourth-order valence-electron chi connectivity index (χ4n) is 0.694. The molecular weight excluding hydrogens is 149 g/mol.